The molecule has 13 heavy (non-hydrogen) atoms. The van der Waals surface area contributed by atoms with Crippen LogP contribution in [-0.2, 0) is 0 Å². The maximum atomic E-state index is 4.37. The van der Waals surface area contributed by atoms with E-state index in [0.29, 0.717) is 11.8 Å². The van der Waals surface area contributed by atoms with Crippen molar-refractivity contribution in [2.24, 2.45) is 5.92 Å². The van der Waals surface area contributed by atoms with Crippen LogP contribution in [0.5, 0.6) is 0 Å². The molecule has 1 atom stereocenters. The highest BCUT2D eigenvalue weighted by Crippen LogP contribution is 2.24. The second-order valence-corrected chi connectivity index (χ2v) is 3.99. The number of aromatic nitrogens is 2. The standard InChI is InChI=1S/C11H18N2/c1-7(2)8(3)11-6-12-10(5)13-9(11)4/h6-8H,1-5H3. The fourth-order valence-electron chi connectivity index (χ4n) is 1.40. The third-order valence-electron chi connectivity index (χ3n) is 2.63. The average molecular weight is 178 g/mol. The predicted molar refractivity (Wildman–Crippen MR) is 54.8 cm³/mol. The molecule has 0 saturated carbocycles. The van der Waals surface area contributed by atoms with Crippen molar-refractivity contribution in [3.05, 3.63) is 23.3 Å². The molecule has 1 rings (SSSR count). The third-order valence-corrected chi connectivity index (χ3v) is 2.63. The van der Waals surface area contributed by atoms with E-state index in [9.17, 15) is 0 Å². The number of hydrogen-bond donors (Lipinski definition) is 0. The van der Waals surface area contributed by atoms with E-state index in [4.69, 9.17) is 0 Å². The molecular formula is C11H18N2. The summed E-state index contributed by atoms with van der Waals surface area (Å²) in [6.07, 6.45) is 1.96. The van der Waals surface area contributed by atoms with E-state index in [0.717, 1.165) is 11.5 Å². The molecule has 0 radical (unpaired) electrons. The van der Waals surface area contributed by atoms with Crippen molar-refractivity contribution in [1.82, 2.24) is 9.97 Å². The molecule has 1 aromatic heterocycles. The maximum Gasteiger partial charge on any atom is 0.125 e. The number of hydrogen-bond acceptors (Lipinski definition) is 2. The Morgan fingerprint density at radius 2 is 1.77 bits per heavy atom. The highest BCUT2D eigenvalue weighted by Gasteiger charge is 2.13. The molecular weight excluding hydrogens is 160 g/mol. The van der Waals surface area contributed by atoms with Crippen molar-refractivity contribution in [1.29, 1.82) is 0 Å². The van der Waals surface area contributed by atoms with Gasteiger partial charge in [0.1, 0.15) is 5.82 Å². The topological polar surface area (TPSA) is 25.8 Å². The second-order valence-electron chi connectivity index (χ2n) is 3.99. The zero-order valence-electron chi connectivity index (χ0n) is 9.13. The molecule has 1 heterocycles. The van der Waals surface area contributed by atoms with Gasteiger partial charge in [-0.1, -0.05) is 20.8 Å². The highest BCUT2D eigenvalue weighted by atomic mass is 14.9. The number of rotatable bonds is 2. The van der Waals surface area contributed by atoms with Gasteiger partial charge in [-0.15, -0.1) is 0 Å². The first-order valence-corrected chi connectivity index (χ1v) is 4.82. The fourth-order valence-corrected chi connectivity index (χ4v) is 1.40. The lowest BCUT2D eigenvalue weighted by Crippen LogP contribution is -2.07. The summed E-state index contributed by atoms with van der Waals surface area (Å²) in [5.41, 5.74) is 2.40. The van der Waals surface area contributed by atoms with Crippen LogP contribution < -0.4 is 0 Å². The Morgan fingerprint density at radius 1 is 1.15 bits per heavy atom. The molecule has 1 unspecified atom stereocenters. The molecule has 0 fully saturated rings. The van der Waals surface area contributed by atoms with Gasteiger partial charge < -0.3 is 0 Å². The largest absolute Gasteiger partial charge is 0.241 e. The van der Waals surface area contributed by atoms with E-state index in [1.54, 1.807) is 0 Å². The Morgan fingerprint density at radius 3 is 2.23 bits per heavy atom. The molecule has 0 aliphatic heterocycles. The summed E-state index contributed by atoms with van der Waals surface area (Å²) in [5, 5.41) is 0. The molecule has 2 nitrogen and oxygen atoms in total. The number of aryl methyl sites for hydroxylation is 2. The van der Waals surface area contributed by atoms with Gasteiger partial charge in [0.05, 0.1) is 0 Å². The van der Waals surface area contributed by atoms with Crippen molar-refractivity contribution in [3.8, 4) is 0 Å². The van der Waals surface area contributed by atoms with E-state index in [-0.39, 0.29) is 0 Å². The fraction of sp³-hybridized carbons (Fsp3) is 0.636. The summed E-state index contributed by atoms with van der Waals surface area (Å²) in [6.45, 7) is 10.7. The molecule has 0 bridgehead atoms. The van der Waals surface area contributed by atoms with Crippen LogP contribution in [-0.4, -0.2) is 9.97 Å². The van der Waals surface area contributed by atoms with Crippen LogP contribution in [0.3, 0.4) is 0 Å². The quantitative estimate of drug-likeness (QED) is 0.696. The molecule has 0 saturated heterocycles. The van der Waals surface area contributed by atoms with Crippen LogP contribution in [0.25, 0.3) is 0 Å². The van der Waals surface area contributed by atoms with Crippen LogP contribution in [0.1, 0.15) is 43.8 Å². The lowest BCUT2D eigenvalue weighted by Gasteiger charge is -2.17. The third kappa shape index (κ3) is 2.27. The molecule has 0 aromatic carbocycles. The minimum Gasteiger partial charge on any atom is -0.241 e. The zero-order valence-corrected chi connectivity index (χ0v) is 9.13. The van der Waals surface area contributed by atoms with Crippen LogP contribution in [0.15, 0.2) is 6.20 Å². The SMILES string of the molecule is Cc1ncc(C(C)C(C)C)c(C)n1. The van der Waals surface area contributed by atoms with Crippen molar-refractivity contribution in [2.75, 3.05) is 0 Å². The van der Waals surface area contributed by atoms with Gasteiger partial charge in [0, 0.05) is 11.9 Å². The molecule has 0 aliphatic rings. The molecule has 1 aromatic rings. The normalized spacial score (nSPS) is 13.4. The van der Waals surface area contributed by atoms with Gasteiger partial charge in [-0.05, 0) is 31.2 Å². The molecule has 0 spiro atoms. The van der Waals surface area contributed by atoms with E-state index in [2.05, 4.69) is 37.7 Å². The summed E-state index contributed by atoms with van der Waals surface area (Å²) in [5.74, 6) is 2.04. The van der Waals surface area contributed by atoms with E-state index >= 15 is 0 Å². The van der Waals surface area contributed by atoms with Crippen LogP contribution in [0.2, 0.25) is 0 Å². The highest BCUT2D eigenvalue weighted by molar-refractivity contribution is 5.20. The van der Waals surface area contributed by atoms with Gasteiger partial charge in [0.15, 0.2) is 0 Å². The molecule has 0 amide bonds. The van der Waals surface area contributed by atoms with Gasteiger partial charge in [0.25, 0.3) is 0 Å². The Balaban J connectivity index is 3.01. The first-order chi connectivity index (χ1) is 6.02. The number of nitrogens with zero attached hydrogens (tertiary/aromatic N) is 2. The summed E-state index contributed by atoms with van der Waals surface area (Å²) < 4.78 is 0. The van der Waals surface area contributed by atoms with Crippen LogP contribution in [0, 0.1) is 19.8 Å². The maximum absolute atomic E-state index is 4.37. The van der Waals surface area contributed by atoms with Crippen molar-refractivity contribution >= 4 is 0 Å². The van der Waals surface area contributed by atoms with Crippen molar-refractivity contribution < 1.29 is 0 Å². The van der Waals surface area contributed by atoms with Crippen LogP contribution in [0.4, 0.5) is 0 Å². The van der Waals surface area contributed by atoms with E-state index in [1.807, 2.05) is 13.1 Å². The lowest BCUT2D eigenvalue weighted by atomic mass is 9.90. The molecule has 2 heteroatoms. The van der Waals surface area contributed by atoms with Gasteiger partial charge in [0.2, 0.25) is 0 Å². The molecule has 72 valence electrons. The summed E-state index contributed by atoms with van der Waals surface area (Å²) in [6, 6.07) is 0. The van der Waals surface area contributed by atoms with Crippen molar-refractivity contribution in [2.45, 2.75) is 40.5 Å². The van der Waals surface area contributed by atoms with E-state index < -0.39 is 0 Å². The Hall–Kier alpha value is -0.920. The second kappa shape index (κ2) is 3.86. The predicted octanol–water partition coefficient (Wildman–Crippen LogP) is 2.85. The van der Waals surface area contributed by atoms with Crippen molar-refractivity contribution in [3.63, 3.8) is 0 Å². The van der Waals surface area contributed by atoms with Gasteiger partial charge in [-0.25, -0.2) is 9.97 Å². The smallest absolute Gasteiger partial charge is 0.125 e. The van der Waals surface area contributed by atoms with Gasteiger partial charge in [-0.2, -0.15) is 0 Å². The molecule has 0 aliphatic carbocycles. The monoisotopic (exact) mass is 178 g/mol. The summed E-state index contributed by atoms with van der Waals surface area (Å²) in [4.78, 5) is 8.60. The minimum atomic E-state index is 0.542. The van der Waals surface area contributed by atoms with E-state index in [1.165, 1.54) is 5.56 Å². The summed E-state index contributed by atoms with van der Waals surface area (Å²) in [7, 11) is 0. The first-order valence-electron chi connectivity index (χ1n) is 4.82. The molecule has 0 N–H and O–H groups in total. The summed E-state index contributed by atoms with van der Waals surface area (Å²) >= 11 is 0. The van der Waals surface area contributed by atoms with Gasteiger partial charge in [-0.3, -0.25) is 0 Å². The van der Waals surface area contributed by atoms with Gasteiger partial charge >= 0.3 is 0 Å². The zero-order chi connectivity index (χ0) is 10.0. The van der Waals surface area contributed by atoms with Crippen LogP contribution >= 0.6 is 0 Å². The Bertz CT molecular complexity index is 292. The first kappa shape index (κ1) is 10.2. The minimum absolute atomic E-state index is 0.542. The Kier molecular flexibility index (Phi) is 3.02. The Labute approximate surface area is 80.4 Å². The average Bonchev–Trinajstić information content (AvgIpc) is 2.03. The lowest BCUT2D eigenvalue weighted by molar-refractivity contribution is 0.528.